The number of hydrogen-bond acceptors (Lipinski definition) is 6. The number of ether oxygens (including phenoxy) is 3. The molecule has 30 heavy (non-hydrogen) atoms. The molecule has 6 heteroatoms. The van der Waals surface area contributed by atoms with Crippen molar-refractivity contribution in [3.63, 3.8) is 0 Å². The number of fused-ring (bicyclic) bond motifs is 1. The van der Waals surface area contributed by atoms with Crippen molar-refractivity contribution in [2.24, 2.45) is 28.6 Å². The van der Waals surface area contributed by atoms with Gasteiger partial charge in [-0.2, -0.15) is 0 Å². The second-order valence-electron chi connectivity index (χ2n) is 11.4. The van der Waals surface area contributed by atoms with Crippen molar-refractivity contribution in [1.82, 2.24) is 0 Å². The second-order valence-corrected chi connectivity index (χ2v) is 11.4. The van der Waals surface area contributed by atoms with Crippen LogP contribution in [0.3, 0.4) is 0 Å². The first-order chi connectivity index (χ1) is 14.2. The highest BCUT2D eigenvalue weighted by molar-refractivity contribution is 5.84. The predicted octanol–water partition coefficient (Wildman–Crippen LogP) is 3.94. The number of hydrogen-bond donors (Lipinski definition) is 0. The summed E-state index contributed by atoms with van der Waals surface area (Å²) in [4.78, 5) is 38.7. The SMILES string of the molecule is CCC(C)(C)C(=O)OC12CC3CC(C1)CC(C(=O)OC1C(=O)OC4CCCC41)(C3)C2. The van der Waals surface area contributed by atoms with E-state index in [-0.39, 0.29) is 29.9 Å². The topological polar surface area (TPSA) is 78.9 Å². The molecule has 6 fully saturated rings. The van der Waals surface area contributed by atoms with Gasteiger partial charge in [-0.15, -0.1) is 0 Å². The lowest BCUT2D eigenvalue weighted by Gasteiger charge is -2.60. The molecular formula is C24H34O6. The molecule has 4 bridgehead atoms. The fourth-order valence-electron chi connectivity index (χ4n) is 7.23. The molecule has 6 rings (SSSR count). The Balaban J connectivity index is 1.36. The van der Waals surface area contributed by atoms with E-state index in [9.17, 15) is 14.4 Å². The molecule has 5 unspecified atom stereocenters. The first-order valence-corrected chi connectivity index (χ1v) is 11.8. The third-order valence-corrected chi connectivity index (χ3v) is 8.81. The maximum absolute atomic E-state index is 13.5. The molecule has 0 spiro atoms. The average Bonchev–Trinajstić information content (AvgIpc) is 3.22. The van der Waals surface area contributed by atoms with Crippen molar-refractivity contribution < 1.29 is 28.6 Å². The van der Waals surface area contributed by atoms with Gasteiger partial charge in [-0.05, 0) is 83.5 Å². The Hall–Kier alpha value is -1.59. The fraction of sp³-hybridized carbons (Fsp3) is 0.875. The van der Waals surface area contributed by atoms with E-state index in [4.69, 9.17) is 14.2 Å². The van der Waals surface area contributed by atoms with Gasteiger partial charge < -0.3 is 14.2 Å². The Morgan fingerprint density at radius 2 is 1.83 bits per heavy atom. The highest BCUT2D eigenvalue weighted by Gasteiger charge is 2.64. The minimum absolute atomic E-state index is 0.00695. The maximum atomic E-state index is 13.5. The van der Waals surface area contributed by atoms with E-state index in [0.29, 0.717) is 24.7 Å². The molecule has 166 valence electrons. The van der Waals surface area contributed by atoms with E-state index in [1.54, 1.807) is 0 Å². The van der Waals surface area contributed by atoms with Crippen LogP contribution in [0.5, 0.6) is 0 Å². The highest BCUT2D eigenvalue weighted by atomic mass is 16.6. The molecule has 0 aromatic heterocycles. The lowest BCUT2D eigenvalue weighted by molar-refractivity contribution is -0.220. The zero-order chi connectivity index (χ0) is 21.3. The largest absolute Gasteiger partial charge is 0.459 e. The van der Waals surface area contributed by atoms with Crippen LogP contribution in [0, 0.1) is 28.6 Å². The molecule has 6 nitrogen and oxygen atoms in total. The van der Waals surface area contributed by atoms with E-state index in [0.717, 1.165) is 51.4 Å². The van der Waals surface area contributed by atoms with Crippen LogP contribution in [-0.4, -0.2) is 35.7 Å². The summed E-state index contributed by atoms with van der Waals surface area (Å²) in [6, 6.07) is 0. The predicted molar refractivity (Wildman–Crippen MR) is 107 cm³/mol. The first kappa shape index (κ1) is 20.3. The maximum Gasteiger partial charge on any atom is 0.348 e. The second kappa shape index (κ2) is 6.70. The lowest BCUT2D eigenvalue weighted by atomic mass is 9.48. The van der Waals surface area contributed by atoms with E-state index in [1.165, 1.54) is 0 Å². The normalized spacial score (nSPS) is 44.0. The fourth-order valence-corrected chi connectivity index (χ4v) is 7.23. The zero-order valence-corrected chi connectivity index (χ0v) is 18.4. The van der Waals surface area contributed by atoms with Gasteiger partial charge in [0.15, 0.2) is 0 Å². The Bertz CT molecular complexity index is 756. The number of esters is 3. The molecule has 6 aliphatic rings. The summed E-state index contributed by atoms with van der Waals surface area (Å²) in [6.07, 6.45) is 7.53. The molecular weight excluding hydrogens is 384 g/mol. The van der Waals surface area contributed by atoms with Gasteiger partial charge in [0.05, 0.1) is 10.8 Å². The van der Waals surface area contributed by atoms with Gasteiger partial charge in [0.1, 0.15) is 11.7 Å². The van der Waals surface area contributed by atoms with Crippen LogP contribution >= 0.6 is 0 Å². The Kier molecular flexibility index (Phi) is 4.54. The molecule has 0 aromatic rings. The monoisotopic (exact) mass is 418 g/mol. The average molecular weight is 419 g/mol. The van der Waals surface area contributed by atoms with Gasteiger partial charge in [-0.3, -0.25) is 9.59 Å². The van der Waals surface area contributed by atoms with Crippen LogP contribution in [0.2, 0.25) is 0 Å². The highest BCUT2D eigenvalue weighted by Crippen LogP contribution is 2.63. The summed E-state index contributed by atoms with van der Waals surface area (Å²) < 4.78 is 17.6. The standard InChI is InChI=1S/C24H34O6/c1-4-22(2,3)20(26)30-24-11-14-8-15(12-24)10-23(9-14,13-24)21(27)29-18-16-6-5-7-17(16)28-19(18)25/h14-18H,4-13H2,1-3H3. The van der Waals surface area contributed by atoms with E-state index in [1.807, 2.05) is 20.8 Å². The van der Waals surface area contributed by atoms with E-state index < -0.39 is 22.5 Å². The summed E-state index contributed by atoms with van der Waals surface area (Å²) in [5.74, 6) is -0.0387. The zero-order valence-electron chi connectivity index (χ0n) is 18.4. The van der Waals surface area contributed by atoms with E-state index in [2.05, 4.69) is 0 Å². The van der Waals surface area contributed by atoms with Crippen LogP contribution in [0.4, 0.5) is 0 Å². The molecule has 1 aliphatic heterocycles. The summed E-state index contributed by atoms with van der Waals surface area (Å²) in [7, 11) is 0. The van der Waals surface area contributed by atoms with Crippen LogP contribution in [-0.2, 0) is 28.6 Å². The minimum Gasteiger partial charge on any atom is -0.459 e. The van der Waals surface area contributed by atoms with Crippen LogP contribution in [0.15, 0.2) is 0 Å². The molecule has 0 N–H and O–H groups in total. The molecule has 5 aliphatic carbocycles. The Morgan fingerprint density at radius 3 is 2.50 bits per heavy atom. The summed E-state index contributed by atoms with van der Waals surface area (Å²) in [5, 5.41) is 0. The summed E-state index contributed by atoms with van der Waals surface area (Å²) in [6.45, 7) is 5.84. The molecule has 5 saturated carbocycles. The van der Waals surface area contributed by atoms with Gasteiger partial charge in [-0.25, -0.2) is 4.79 Å². The van der Waals surface area contributed by atoms with Crippen molar-refractivity contribution >= 4 is 17.9 Å². The van der Waals surface area contributed by atoms with Crippen LogP contribution < -0.4 is 0 Å². The quantitative estimate of drug-likeness (QED) is 0.497. The van der Waals surface area contributed by atoms with Crippen molar-refractivity contribution in [3.8, 4) is 0 Å². The third-order valence-electron chi connectivity index (χ3n) is 8.81. The molecule has 1 saturated heterocycles. The number of carbonyl (C=O) groups is 3. The van der Waals surface area contributed by atoms with Crippen molar-refractivity contribution in [2.45, 2.75) is 103 Å². The summed E-state index contributed by atoms with van der Waals surface area (Å²) in [5.41, 5.74) is -1.71. The van der Waals surface area contributed by atoms with Crippen LogP contribution in [0.25, 0.3) is 0 Å². The lowest BCUT2D eigenvalue weighted by Crippen LogP contribution is -2.61. The molecule has 0 radical (unpaired) electrons. The molecule has 0 aromatic carbocycles. The van der Waals surface area contributed by atoms with Gasteiger partial charge in [-0.1, -0.05) is 6.92 Å². The van der Waals surface area contributed by atoms with Gasteiger partial charge in [0.25, 0.3) is 0 Å². The molecule has 5 atom stereocenters. The Morgan fingerprint density at radius 1 is 1.13 bits per heavy atom. The first-order valence-electron chi connectivity index (χ1n) is 11.8. The van der Waals surface area contributed by atoms with Crippen molar-refractivity contribution in [3.05, 3.63) is 0 Å². The summed E-state index contributed by atoms with van der Waals surface area (Å²) >= 11 is 0. The van der Waals surface area contributed by atoms with E-state index >= 15 is 0 Å². The number of rotatable bonds is 5. The Labute approximate surface area is 178 Å². The molecule has 0 amide bonds. The smallest absolute Gasteiger partial charge is 0.348 e. The van der Waals surface area contributed by atoms with Gasteiger partial charge in [0.2, 0.25) is 6.10 Å². The minimum atomic E-state index is -0.754. The molecule has 1 heterocycles. The van der Waals surface area contributed by atoms with Crippen molar-refractivity contribution in [2.75, 3.05) is 0 Å². The van der Waals surface area contributed by atoms with Gasteiger partial charge in [0, 0.05) is 12.3 Å². The van der Waals surface area contributed by atoms with Crippen molar-refractivity contribution in [1.29, 1.82) is 0 Å². The number of carbonyl (C=O) groups excluding carboxylic acids is 3. The van der Waals surface area contributed by atoms with Crippen LogP contribution in [0.1, 0.15) is 85.0 Å². The third kappa shape index (κ3) is 3.08. The van der Waals surface area contributed by atoms with Gasteiger partial charge >= 0.3 is 17.9 Å².